The van der Waals surface area contributed by atoms with Crippen LogP contribution in [0.25, 0.3) is 0 Å². The summed E-state index contributed by atoms with van der Waals surface area (Å²) in [5, 5.41) is 15.5. The molecule has 5 nitrogen and oxygen atoms in total. The molecule has 0 amide bonds. The van der Waals surface area contributed by atoms with Crippen molar-refractivity contribution in [3.8, 4) is 0 Å². The van der Waals surface area contributed by atoms with Crippen molar-refractivity contribution in [1.29, 1.82) is 0 Å². The molecule has 6 heteroatoms. The Morgan fingerprint density at radius 1 is 1.42 bits per heavy atom. The number of anilines is 2. The third kappa shape index (κ3) is 3.53. The van der Waals surface area contributed by atoms with Crippen LogP contribution in [0, 0.1) is 11.7 Å². The lowest BCUT2D eigenvalue weighted by atomic mass is 9.85. The van der Waals surface area contributed by atoms with Crippen molar-refractivity contribution in [2.75, 3.05) is 23.8 Å². The lowest BCUT2D eigenvalue weighted by Gasteiger charge is -2.31. The van der Waals surface area contributed by atoms with Gasteiger partial charge in [0.25, 0.3) is 0 Å². The second kappa shape index (κ2) is 6.65. The van der Waals surface area contributed by atoms with E-state index in [2.05, 4.69) is 20.6 Å². The summed E-state index contributed by atoms with van der Waals surface area (Å²) in [5.74, 6) is 0.355. The van der Waals surface area contributed by atoms with Gasteiger partial charge in [-0.05, 0) is 19.8 Å². The second-order valence-corrected chi connectivity index (χ2v) is 4.90. The number of nitrogens with one attached hydrogen (secondary N) is 2. The molecular weight excluding hydrogens is 247 g/mol. The Kier molecular flexibility index (Phi) is 4.90. The molecule has 1 aliphatic carbocycles. The first kappa shape index (κ1) is 14.0. The van der Waals surface area contributed by atoms with Gasteiger partial charge >= 0.3 is 0 Å². The molecule has 0 aromatic carbocycles. The maximum atomic E-state index is 13.7. The molecule has 3 N–H and O–H groups in total. The molecule has 1 heterocycles. The third-order valence-electron chi connectivity index (χ3n) is 3.54. The number of hydrogen-bond acceptors (Lipinski definition) is 5. The van der Waals surface area contributed by atoms with Crippen LogP contribution in [-0.2, 0) is 0 Å². The zero-order chi connectivity index (χ0) is 13.7. The molecule has 0 spiro atoms. The number of halogens is 1. The quantitative estimate of drug-likeness (QED) is 0.762. The van der Waals surface area contributed by atoms with Gasteiger partial charge in [0.05, 0.1) is 6.20 Å². The molecule has 0 aliphatic heterocycles. The molecule has 2 rings (SSSR count). The minimum absolute atomic E-state index is 0.0811. The highest BCUT2D eigenvalue weighted by Gasteiger charge is 2.25. The average molecular weight is 268 g/mol. The fourth-order valence-corrected chi connectivity index (χ4v) is 2.50. The molecule has 1 fully saturated rings. The van der Waals surface area contributed by atoms with Crippen molar-refractivity contribution in [3.05, 3.63) is 12.0 Å². The van der Waals surface area contributed by atoms with Gasteiger partial charge in [-0.3, -0.25) is 0 Å². The van der Waals surface area contributed by atoms with Crippen LogP contribution in [0.5, 0.6) is 0 Å². The largest absolute Gasteiger partial charge is 0.396 e. The molecule has 2 atom stereocenters. The molecule has 1 saturated carbocycles. The highest BCUT2D eigenvalue weighted by atomic mass is 19.1. The highest BCUT2D eigenvalue weighted by molar-refractivity contribution is 5.42. The molecule has 0 saturated heterocycles. The molecule has 19 heavy (non-hydrogen) atoms. The van der Waals surface area contributed by atoms with Crippen LogP contribution in [0.1, 0.15) is 32.6 Å². The number of aromatic nitrogens is 2. The first-order valence-corrected chi connectivity index (χ1v) is 6.88. The van der Waals surface area contributed by atoms with Crippen LogP contribution in [0.15, 0.2) is 6.20 Å². The normalized spacial score (nSPS) is 23.1. The van der Waals surface area contributed by atoms with Gasteiger partial charge in [0, 0.05) is 25.1 Å². The summed E-state index contributed by atoms with van der Waals surface area (Å²) in [6.45, 7) is 2.75. The van der Waals surface area contributed by atoms with E-state index in [1.165, 1.54) is 6.20 Å². The van der Waals surface area contributed by atoms with Gasteiger partial charge in [-0.25, -0.2) is 9.37 Å². The van der Waals surface area contributed by atoms with E-state index in [1.807, 2.05) is 6.92 Å². The molecular formula is C13H21FN4O. The number of hydrogen-bond donors (Lipinski definition) is 3. The zero-order valence-electron chi connectivity index (χ0n) is 11.2. The summed E-state index contributed by atoms with van der Waals surface area (Å²) in [4.78, 5) is 8.01. The Bertz CT molecular complexity index is 416. The summed E-state index contributed by atoms with van der Waals surface area (Å²) in [6.07, 6.45) is 5.30. The molecule has 1 aromatic rings. The van der Waals surface area contributed by atoms with Crippen LogP contribution in [0.4, 0.5) is 16.2 Å². The topological polar surface area (TPSA) is 70.1 Å². The van der Waals surface area contributed by atoms with Crippen LogP contribution in [-0.4, -0.2) is 34.3 Å². The second-order valence-electron chi connectivity index (χ2n) is 4.90. The fourth-order valence-electron chi connectivity index (χ4n) is 2.50. The van der Waals surface area contributed by atoms with Gasteiger partial charge in [0.15, 0.2) is 11.6 Å². The van der Waals surface area contributed by atoms with Crippen molar-refractivity contribution in [2.45, 2.75) is 38.6 Å². The van der Waals surface area contributed by atoms with Crippen LogP contribution in [0.2, 0.25) is 0 Å². The Morgan fingerprint density at radius 3 is 2.95 bits per heavy atom. The summed E-state index contributed by atoms with van der Waals surface area (Å²) in [5.41, 5.74) is 0. The molecule has 1 aromatic heterocycles. The van der Waals surface area contributed by atoms with Gasteiger partial charge in [-0.15, -0.1) is 0 Å². The zero-order valence-corrected chi connectivity index (χ0v) is 11.2. The van der Waals surface area contributed by atoms with Gasteiger partial charge in [-0.2, -0.15) is 4.98 Å². The van der Waals surface area contributed by atoms with Crippen molar-refractivity contribution < 1.29 is 9.50 Å². The van der Waals surface area contributed by atoms with E-state index in [0.29, 0.717) is 12.5 Å². The van der Waals surface area contributed by atoms with E-state index in [-0.39, 0.29) is 24.4 Å². The lowest BCUT2D eigenvalue weighted by Crippen LogP contribution is -2.35. The average Bonchev–Trinajstić information content (AvgIpc) is 2.43. The summed E-state index contributed by atoms with van der Waals surface area (Å²) >= 11 is 0. The predicted octanol–water partition coefficient (Wildman–Crippen LogP) is 2.01. The lowest BCUT2D eigenvalue weighted by molar-refractivity contribution is 0.178. The predicted molar refractivity (Wildman–Crippen MR) is 72.6 cm³/mol. The first-order valence-electron chi connectivity index (χ1n) is 6.88. The van der Waals surface area contributed by atoms with Crippen molar-refractivity contribution >= 4 is 11.8 Å². The number of aliphatic hydroxyl groups excluding tert-OH is 1. The standard InChI is InChI=1S/C13H21FN4O/c1-2-15-13-16-7-10(14)12(18-13)17-11-6-4-3-5-9(11)8-19/h7,9,11,19H,2-6,8H2,1H3,(H2,15,16,17,18). The molecule has 2 unspecified atom stereocenters. The minimum Gasteiger partial charge on any atom is -0.396 e. The van der Waals surface area contributed by atoms with E-state index in [4.69, 9.17) is 0 Å². The monoisotopic (exact) mass is 268 g/mol. The Hall–Kier alpha value is -1.43. The van der Waals surface area contributed by atoms with Crippen molar-refractivity contribution in [2.24, 2.45) is 5.92 Å². The van der Waals surface area contributed by atoms with E-state index in [9.17, 15) is 9.50 Å². The van der Waals surface area contributed by atoms with E-state index >= 15 is 0 Å². The van der Waals surface area contributed by atoms with Gasteiger partial charge in [0.1, 0.15) is 0 Å². The number of aliphatic hydroxyl groups is 1. The summed E-state index contributed by atoms with van der Waals surface area (Å²) < 4.78 is 13.7. The highest BCUT2D eigenvalue weighted by Crippen LogP contribution is 2.27. The Morgan fingerprint density at radius 2 is 2.21 bits per heavy atom. The van der Waals surface area contributed by atoms with Crippen LogP contribution < -0.4 is 10.6 Å². The molecule has 1 aliphatic rings. The van der Waals surface area contributed by atoms with Gasteiger partial charge in [-0.1, -0.05) is 12.8 Å². The maximum absolute atomic E-state index is 13.7. The smallest absolute Gasteiger partial charge is 0.224 e. The number of rotatable bonds is 5. The van der Waals surface area contributed by atoms with Gasteiger partial charge in [0.2, 0.25) is 5.95 Å². The SMILES string of the molecule is CCNc1ncc(F)c(NC2CCCCC2CO)n1. The van der Waals surface area contributed by atoms with E-state index in [0.717, 1.165) is 25.7 Å². The van der Waals surface area contributed by atoms with Crippen molar-refractivity contribution in [3.63, 3.8) is 0 Å². The maximum Gasteiger partial charge on any atom is 0.224 e. The molecule has 0 bridgehead atoms. The third-order valence-corrected chi connectivity index (χ3v) is 3.54. The minimum atomic E-state index is -0.455. The van der Waals surface area contributed by atoms with Gasteiger partial charge < -0.3 is 15.7 Å². The van der Waals surface area contributed by atoms with Crippen LogP contribution >= 0.6 is 0 Å². The first-order chi connectivity index (χ1) is 9.24. The summed E-state index contributed by atoms with van der Waals surface area (Å²) in [6, 6.07) is 0.0811. The van der Waals surface area contributed by atoms with E-state index in [1.54, 1.807) is 0 Å². The van der Waals surface area contributed by atoms with Crippen LogP contribution in [0.3, 0.4) is 0 Å². The summed E-state index contributed by atoms with van der Waals surface area (Å²) in [7, 11) is 0. The Balaban J connectivity index is 2.10. The molecule has 0 radical (unpaired) electrons. The van der Waals surface area contributed by atoms with Crippen molar-refractivity contribution in [1.82, 2.24) is 9.97 Å². The van der Waals surface area contributed by atoms with E-state index < -0.39 is 5.82 Å². The molecule has 106 valence electrons. The number of nitrogens with zero attached hydrogens (tertiary/aromatic N) is 2. The fraction of sp³-hybridized carbons (Fsp3) is 0.692. The Labute approximate surface area is 112 Å².